The van der Waals surface area contributed by atoms with Crippen molar-refractivity contribution in [2.75, 3.05) is 45.8 Å². The predicted molar refractivity (Wildman–Crippen MR) is 126 cm³/mol. The van der Waals surface area contributed by atoms with Gasteiger partial charge in [0.2, 0.25) is 35.7 Å². The number of hydrogen-bond acceptors (Lipinski definition) is 12. The second-order valence-corrected chi connectivity index (χ2v) is 8.58. The molecule has 0 amide bonds. The molecule has 174 valence electrons. The summed E-state index contributed by atoms with van der Waals surface area (Å²) in [5.41, 5.74) is 17.4. The van der Waals surface area contributed by atoms with Crippen LogP contribution in [0.2, 0.25) is 0 Å². The van der Waals surface area contributed by atoms with Gasteiger partial charge < -0.3 is 32.7 Å². The number of anilines is 6. The van der Waals surface area contributed by atoms with Crippen molar-refractivity contribution in [3.8, 4) is 0 Å². The molecule has 2 aliphatic carbocycles. The lowest BCUT2D eigenvalue weighted by atomic mass is 9.94. The molecule has 0 spiro atoms. The van der Waals surface area contributed by atoms with E-state index in [1.165, 1.54) is 38.5 Å². The van der Waals surface area contributed by atoms with Gasteiger partial charge in [0.05, 0.1) is 0 Å². The molecule has 12 nitrogen and oxygen atoms in total. The number of nitrogens with zero attached hydrogens (tertiary/aromatic N) is 7. The number of aromatic nitrogens is 6. The van der Waals surface area contributed by atoms with E-state index in [1.807, 2.05) is 0 Å². The van der Waals surface area contributed by atoms with Crippen LogP contribution in [0, 0.1) is 0 Å². The summed E-state index contributed by atoms with van der Waals surface area (Å²) in [5, 5.41) is 6.65. The van der Waals surface area contributed by atoms with Gasteiger partial charge in [-0.15, -0.1) is 0 Å². The van der Waals surface area contributed by atoms with Crippen molar-refractivity contribution in [3.05, 3.63) is 0 Å². The summed E-state index contributed by atoms with van der Waals surface area (Å²) in [6, 6.07) is 0.742. The highest BCUT2D eigenvalue weighted by atomic mass is 15.3. The molecule has 2 aliphatic rings. The molecule has 8 N–H and O–H groups in total. The molecule has 0 radical (unpaired) electrons. The Balaban J connectivity index is 1.49. The second kappa shape index (κ2) is 10.4. The van der Waals surface area contributed by atoms with Crippen molar-refractivity contribution >= 4 is 35.7 Å². The fourth-order valence-electron chi connectivity index (χ4n) is 4.62. The van der Waals surface area contributed by atoms with Crippen LogP contribution in [0.1, 0.15) is 64.2 Å². The summed E-state index contributed by atoms with van der Waals surface area (Å²) >= 11 is 0. The van der Waals surface area contributed by atoms with Crippen LogP contribution in [-0.4, -0.2) is 55.1 Å². The first kappa shape index (κ1) is 22.0. The van der Waals surface area contributed by atoms with Gasteiger partial charge in [-0.2, -0.15) is 29.9 Å². The van der Waals surface area contributed by atoms with Crippen molar-refractivity contribution < 1.29 is 0 Å². The minimum Gasteiger partial charge on any atom is -0.368 e. The topological polar surface area (TPSA) is 183 Å². The van der Waals surface area contributed by atoms with E-state index in [4.69, 9.17) is 22.2 Å². The Morgan fingerprint density at radius 3 is 1.97 bits per heavy atom. The van der Waals surface area contributed by atoms with Crippen LogP contribution in [0.4, 0.5) is 35.7 Å². The number of nitrogens with one attached hydrogen (secondary N) is 2. The molecule has 2 saturated carbocycles. The van der Waals surface area contributed by atoms with Crippen molar-refractivity contribution in [2.45, 2.75) is 76.3 Å². The molecular formula is C20H34N12. The lowest BCUT2D eigenvalue weighted by molar-refractivity contribution is 0.412. The van der Waals surface area contributed by atoms with Crippen LogP contribution in [0.5, 0.6) is 0 Å². The molecular weight excluding hydrogens is 408 g/mol. The lowest BCUT2D eigenvalue weighted by Crippen LogP contribution is -2.41. The summed E-state index contributed by atoms with van der Waals surface area (Å²) in [6.07, 6.45) is 11.9. The molecule has 32 heavy (non-hydrogen) atoms. The molecule has 0 unspecified atom stereocenters. The van der Waals surface area contributed by atoms with E-state index in [-0.39, 0.29) is 17.8 Å². The zero-order valence-electron chi connectivity index (χ0n) is 18.5. The fraction of sp³-hybridized carbons (Fsp3) is 0.700. The maximum atomic E-state index is 6.09. The summed E-state index contributed by atoms with van der Waals surface area (Å²) in [4.78, 5) is 27.8. The maximum Gasteiger partial charge on any atom is 0.232 e. The minimum atomic E-state index is 0.0906. The number of nitrogen functional groups attached to an aromatic ring is 3. The van der Waals surface area contributed by atoms with Gasteiger partial charge in [-0.05, 0) is 25.7 Å². The zero-order valence-corrected chi connectivity index (χ0v) is 18.5. The van der Waals surface area contributed by atoms with E-state index in [0.29, 0.717) is 43.0 Å². The standard InChI is InChI=1S/C20H34N12/c21-15-26-16(22)28-18(27-15)24-11-12-32(14-9-5-2-6-10-14)20-30-17(23)29-19(31-20)25-13-7-3-1-4-8-13/h13-14H,1-12H2,(H3,23,25,29,30,31)(H5,21,22,24,26,27,28). The van der Waals surface area contributed by atoms with Crippen LogP contribution < -0.4 is 32.7 Å². The minimum absolute atomic E-state index is 0.0906. The maximum absolute atomic E-state index is 6.09. The molecule has 0 aromatic carbocycles. The first-order valence-corrected chi connectivity index (χ1v) is 11.6. The highest BCUT2D eigenvalue weighted by molar-refractivity contribution is 5.44. The summed E-state index contributed by atoms with van der Waals surface area (Å²) < 4.78 is 0. The molecule has 2 fully saturated rings. The number of rotatable bonds is 8. The van der Waals surface area contributed by atoms with Crippen LogP contribution >= 0.6 is 0 Å². The first-order valence-electron chi connectivity index (χ1n) is 11.6. The van der Waals surface area contributed by atoms with Crippen LogP contribution in [-0.2, 0) is 0 Å². The van der Waals surface area contributed by atoms with Gasteiger partial charge in [-0.25, -0.2) is 0 Å². The molecule has 0 bridgehead atoms. The molecule has 2 aromatic rings. The van der Waals surface area contributed by atoms with Gasteiger partial charge >= 0.3 is 0 Å². The summed E-state index contributed by atoms with van der Waals surface area (Å²) in [6.45, 7) is 1.22. The highest BCUT2D eigenvalue weighted by Gasteiger charge is 2.25. The lowest BCUT2D eigenvalue weighted by Gasteiger charge is -2.34. The molecule has 2 heterocycles. The van der Waals surface area contributed by atoms with E-state index in [9.17, 15) is 0 Å². The van der Waals surface area contributed by atoms with Gasteiger partial charge in [0, 0.05) is 25.2 Å². The largest absolute Gasteiger partial charge is 0.368 e. The Morgan fingerprint density at radius 2 is 1.28 bits per heavy atom. The van der Waals surface area contributed by atoms with E-state index in [0.717, 1.165) is 25.7 Å². The zero-order chi connectivity index (χ0) is 22.3. The SMILES string of the molecule is Nc1nc(N)nc(NCCN(c2nc(N)nc(NC3CCCCC3)n2)C2CCCCC2)n1. The van der Waals surface area contributed by atoms with Gasteiger partial charge in [0.1, 0.15) is 0 Å². The van der Waals surface area contributed by atoms with Gasteiger partial charge in [0.25, 0.3) is 0 Å². The fourth-order valence-corrected chi connectivity index (χ4v) is 4.62. The van der Waals surface area contributed by atoms with Crippen LogP contribution in [0.25, 0.3) is 0 Å². The van der Waals surface area contributed by atoms with Gasteiger partial charge in [-0.1, -0.05) is 38.5 Å². The third-order valence-corrected chi connectivity index (χ3v) is 6.16. The average molecular weight is 443 g/mol. The number of hydrogen-bond donors (Lipinski definition) is 5. The van der Waals surface area contributed by atoms with Crippen molar-refractivity contribution in [1.29, 1.82) is 0 Å². The molecule has 0 aliphatic heterocycles. The predicted octanol–water partition coefficient (Wildman–Crippen LogP) is 1.80. The Bertz CT molecular complexity index is 859. The average Bonchev–Trinajstić information content (AvgIpc) is 2.77. The second-order valence-electron chi connectivity index (χ2n) is 8.58. The smallest absolute Gasteiger partial charge is 0.232 e. The molecule has 12 heteroatoms. The Labute approximate surface area is 188 Å². The quantitative estimate of drug-likeness (QED) is 0.400. The molecule has 0 atom stereocenters. The first-order chi connectivity index (χ1) is 15.6. The number of nitrogens with two attached hydrogens (primary N) is 3. The third-order valence-electron chi connectivity index (χ3n) is 6.16. The Morgan fingerprint density at radius 1 is 0.688 bits per heavy atom. The van der Waals surface area contributed by atoms with Crippen LogP contribution in [0.15, 0.2) is 0 Å². The monoisotopic (exact) mass is 442 g/mol. The van der Waals surface area contributed by atoms with E-state index >= 15 is 0 Å². The van der Waals surface area contributed by atoms with Crippen molar-refractivity contribution in [3.63, 3.8) is 0 Å². The van der Waals surface area contributed by atoms with E-state index in [2.05, 4.69) is 40.5 Å². The molecule has 0 saturated heterocycles. The van der Waals surface area contributed by atoms with Crippen molar-refractivity contribution in [2.24, 2.45) is 0 Å². The third kappa shape index (κ3) is 5.95. The molecule has 2 aromatic heterocycles. The summed E-state index contributed by atoms with van der Waals surface area (Å²) in [7, 11) is 0. The Hall–Kier alpha value is -3.18. The van der Waals surface area contributed by atoms with Crippen molar-refractivity contribution in [1.82, 2.24) is 29.9 Å². The van der Waals surface area contributed by atoms with E-state index < -0.39 is 0 Å². The van der Waals surface area contributed by atoms with Gasteiger partial charge in [-0.3, -0.25) is 0 Å². The van der Waals surface area contributed by atoms with Crippen LogP contribution in [0.3, 0.4) is 0 Å². The molecule has 4 rings (SSSR count). The summed E-state index contributed by atoms with van der Waals surface area (Å²) in [5.74, 6) is 1.94. The normalized spacial score (nSPS) is 17.8. The van der Waals surface area contributed by atoms with Gasteiger partial charge in [0.15, 0.2) is 0 Å². The Kier molecular flexibility index (Phi) is 7.17. The highest BCUT2D eigenvalue weighted by Crippen LogP contribution is 2.27. The van der Waals surface area contributed by atoms with E-state index in [1.54, 1.807) is 0 Å².